The van der Waals surface area contributed by atoms with E-state index in [2.05, 4.69) is 10.3 Å². The molecule has 0 aliphatic heterocycles. The summed E-state index contributed by atoms with van der Waals surface area (Å²) in [6, 6.07) is 9.05. The number of nitrogens with zero attached hydrogens (tertiary/aromatic N) is 1. The molecule has 0 saturated heterocycles. The van der Waals surface area contributed by atoms with E-state index in [1.54, 1.807) is 12.1 Å². The minimum absolute atomic E-state index is 0.396. The van der Waals surface area contributed by atoms with Gasteiger partial charge in [0.15, 0.2) is 0 Å². The molecule has 1 amide bonds. The van der Waals surface area contributed by atoms with Gasteiger partial charge in [-0.15, -0.1) is 0 Å². The lowest BCUT2D eigenvalue weighted by molar-refractivity contribution is 0.100. The minimum Gasteiger partial charge on any atom is -0.399 e. The standard InChI is InChI=1S/C14H16N4O/c1-8-6-9(2)17-14(12(8)13(16)19)18-11-5-3-4-10(15)7-11/h3-7H,15H2,1-2H3,(H2,16,19)(H,17,18). The molecule has 98 valence electrons. The second kappa shape index (κ2) is 4.97. The third kappa shape index (κ3) is 2.82. The molecule has 1 heterocycles. The number of carbonyl (C=O) groups is 1. The maximum absolute atomic E-state index is 11.5. The minimum atomic E-state index is -0.503. The summed E-state index contributed by atoms with van der Waals surface area (Å²) in [5.74, 6) is -0.0491. The average molecular weight is 256 g/mol. The van der Waals surface area contributed by atoms with Crippen molar-refractivity contribution in [2.75, 3.05) is 11.1 Å². The van der Waals surface area contributed by atoms with Crippen molar-refractivity contribution in [3.05, 3.63) is 47.2 Å². The molecule has 1 aromatic carbocycles. The van der Waals surface area contributed by atoms with Crippen molar-refractivity contribution in [1.82, 2.24) is 4.98 Å². The van der Waals surface area contributed by atoms with Crippen LogP contribution in [0.5, 0.6) is 0 Å². The summed E-state index contributed by atoms with van der Waals surface area (Å²) in [6.45, 7) is 3.70. The van der Waals surface area contributed by atoms with E-state index in [0.29, 0.717) is 17.1 Å². The average Bonchev–Trinajstić information content (AvgIpc) is 2.26. The Hall–Kier alpha value is -2.56. The number of aromatic nitrogens is 1. The van der Waals surface area contributed by atoms with Crippen molar-refractivity contribution in [3.8, 4) is 0 Å². The van der Waals surface area contributed by atoms with Gasteiger partial charge < -0.3 is 16.8 Å². The second-order valence-electron chi connectivity index (χ2n) is 4.42. The normalized spacial score (nSPS) is 10.2. The number of carbonyl (C=O) groups excluding carboxylic acids is 1. The van der Waals surface area contributed by atoms with E-state index >= 15 is 0 Å². The van der Waals surface area contributed by atoms with E-state index in [0.717, 1.165) is 16.9 Å². The summed E-state index contributed by atoms with van der Waals surface area (Å²) in [5, 5.41) is 3.08. The fourth-order valence-electron chi connectivity index (χ4n) is 1.99. The maximum Gasteiger partial charge on any atom is 0.252 e. The second-order valence-corrected chi connectivity index (χ2v) is 4.42. The Bertz CT molecular complexity index is 637. The number of nitrogens with one attached hydrogen (secondary N) is 1. The van der Waals surface area contributed by atoms with E-state index in [4.69, 9.17) is 11.5 Å². The Balaban J connectivity index is 2.47. The number of nitrogen functional groups attached to an aromatic ring is 1. The Labute approximate surface area is 111 Å². The largest absolute Gasteiger partial charge is 0.399 e. The molecule has 0 radical (unpaired) electrons. The van der Waals surface area contributed by atoms with Gasteiger partial charge in [0.2, 0.25) is 0 Å². The third-order valence-electron chi connectivity index (χ3n) is 2.74. The topological polar surface area (TPSA) is 94.0 Å². The third-order valence-corrected chi connectivity index (χ3v) is 2.74. The molecule has 2 aromatic rings. The number of amides is 1. The van der Waals surface area contributed by atoms with Crippen LogP contribution < -0.4 is 16.8 Å². The highest BCUT2D eigenvalue weighted by Gasteiger charge is 2.14. The molecule has 0 aliphatic carbocycles. The van der Waals surface area contributed by atoms with Crippen LogP contribution in [-0.4, -0.2) is 10.9 Å². The van der Waals surface area contributed by atoms with E-state index in [9.17, 15) is 4.79 Å². The number of hydrogen-bond donors (Lipinski definition) is 3. The van der Waals surface area contributed by atoms with Crippen LogP contribution in [0.2, 0.25) is 0 Å². The first-order chi connectivity index (χ1) is 8.97. The Morgan fingerprint density at radius 3 is 2.63 bits per heavy atom. The smallest absolute Gasteiger partial charge is 0.252 e. The number of rotatable bonds is 3. The number of hydrogen-bond acceptors (Lipinski definition) is 4. The zero-order valence-electron chi connectivity index (χ0n) is 10.9. The van der Waals surface area contributed by atoms with Crippen LogP contribution in [0.4, 0.5) is 17.2 Å². The summed E-state index contributed by atoms with van der Waals surface area (Å²) in [7, 11) is 0. The Morgan fingerprint density at radius 2 is 2.00 bits per heavy atom. The highest BCUT2D eigenvalue weighted by Crippen LogP contribution is 2.23. The molecular formula is C14H16N4O. The van der Waals surface area contributed by atoms with Gasteiger partial charge in [-0.3, -0.25) is 4.79 Å². The molecule has 0 fully saturated rings. The van der Waals surface area contributed by atoms with E-state index in [-0.39, 0.29) is 0 Å². The van der Waals surface area contributed by atoms with Crippen molar-refractivity contribution in [1.29, 1.82) is 0 Å². The molecular weight excluding hydrogens is 240 g/mol. The van der Waals surface area contributed by atoms with Gasteiger partial charge in [-0.25, -0.2) is 4.98 Å². The number of anilines is 3. The SMILES string of the molecule is Cc1cc(C)c(C(N)=O)c(Nc2cccc(N)c2)n1. The van der Waals surface area contributed by atoms with Gasteiger partial charge in [0.05, 0.1) is 5.56 Å². The first-order valence-corrected chi connectivity index (χ1v) is 5.88. The highest BCUT2D eigenvalue weighted by molar-refractivity contribution is 5.99. The lowest BCUT2D eigenvalue weighted by atomic mass is 10.1. The monoisotopic (exact) mass is 256 g/mol. The number of aryl methyl sites for hydroxylation is 2. The zero-order valence-corrected chi connectivity index (χ0v) is 10.9. The molecule has 0 aliphatic rings. The van der Waals surface area contributed by atoms with Gasteiger partial charge >= 0.3 is 0 Å². The Kier molecular flexibility index (Phi) is 3.37. The van der Waals surface area contributed by atoms with Crippen LogP contribution in [-0.2, 0) is 0 Å². The summed E-state index contributed by atoms with van der Waals surface area (Å²) in [5.41, 5.74) is 14.5. The summed E-state index contributed by atoms with van der Waals surface area (Å²) in [6.07, 6.45) is 0. The van der Waals surface area contributed by atoms with Gasteiger partial charge in [-0.1, -0.05) is 6.07 Å². The lowest BCUT2D eigenvalue weighted by Gasteiger charge is -2.12. The van der Waals surface area contributed by atoms with Crippen molar-refractivity contribution < 1.29 is 4.79 Å². The summed E-state index contributed by atoms with van der Waals surface area (Å²) < 4.78 is 0. The van der Waals surface area contributed by atoms with Crippen molar-refractivity contribution in [3.63, 3.8) is 0 Å². The van der Waals surface area contributed by atoms with E-state index in [1.165, 1.54) is 0 Å². The van der Waals surface area contributed by atoms with Crippen LogP contribution in [0, 0.1) is 13.8 Å². The summed E-state index contributed by atoms with van der Waals surface area (Å²) >= 11 is 0. The van der Waals surface area contributed by atoms with Crippen LogP contribution >= 0.6 is 0 Å². The number of primary amides is 1. The molecule has 0 atom stereocenters. The lowest BCUT2D eigenvalue weighted by Crippen LogP contribution is -2.16. The molecule has 5 N–H and O–H groups in total. The molecule has 0 saturated carbocycles. The van der Waals surface area contributed by atoms with Gasteiger partial charge in [0.25, 0.3) is 5.91 Å². The molecule has 0 spiro atoms. The van der Waals surface area contributed by atoms with Crippen LogP contribution in [0.25, 0.3) is 0 Å². The van der Waals surface area contributed by atoms with Gasteiger partial charge in [-0.2, -0.15) is 0 Å². The molecule has 0 bridgehead atoms. The maximum atomic E-state index is 11.5. The number of benzene rings is 1. The first kappa shape index (κ1) is 12.9. The number of nitrogens with two attached hydrogens (primary N) is 2. The molecule has 0 unspecified atom stereocenters. The van der Waals surface area contributed by atoms with Gasteiger partial charge in [0, 0.05) is 17.1 Å². The molecule has 1 aromatic heterocycles. The van der Waals surface area contributed by atoms with E-state index < -0.39 is 5.91 Å². The molecule has 2 rings (SSSR count). The van der Waals surface area contributed by atoms with E-state index in [1.807, 2.05) is 32.0 Å². The van der Waals surface area contributed by atoms with Gasteiger partial charge in [0.1, 0.15) is 5.82 Å². The predicted octanol–water partition coefficient (Wildman–Crippen LogP) is 2.12. The molecule has 19 heavy (non-hydrogen) atoms. The van der Waals surface area contributed by atoms with Crippen molar-refractivity contribution in [2.45, 2.75) is 13.8 Å². The van der Waals surface area contributed by atoms with Crippen molar-refractivity contribution in [2.24, 2.45) is 5.73 Å². The predicted molar refractivity (Wildman–Crippen MR) is 76.4 cm³/mol. The molecule has 5 heteroatoms. The fourth-order valence-corrected chi connectivity index (χ4v) is 1.99. The van der Waals surface area contributed by atoms with Gasteiger partial charge in [-0.05, 0) is 43.7 Å². The molecule has 5 nitrogen and oxygen atoms in total. The van der Waals surface area contributed by atoms with Crippen molar-refractivity contribution >= 4 is 23.1 Å². The van der Waals surface area contributed by atoms with Crippen LogP contribution in [0.15, 0.2) is 30.3 Å². The van der Waals surface area contributed by atoms with Crippen LogP contribution in [0.3, 0.4) is 0 Å². The first-order valence-electron chi connectivity index (χ1n) is 5.88. The fraction of sp³-hybridized carbons (Fsp3) is 0.143. The quantitative estimate of drug-likeness (QED) is 0.733. The highest BCUT2D eigenvalue weighted by atomic mass is 16.1. The summed E-state index contributed by atoms with van der Waals surface area (Å²) in [4.78, 5) is 15.9. The number of pyridine rings is 1. The van der Waals surface area contributed by atoms with Crippen LogP contribution in [0.1, 0.15) is 21.6 Å². The Morgan fingerprint density at radius 1 is 1.26 bits per heavy atom. The zero-order chi connectivity index (χ0) is 14.0.